The van der Waals surface area contributed by atoms with Crippen molar-refractivity contribution in [3.8, 4) is 39.6 Å². The van der Waals surface area contributed by atoms with Gasteiger partial charge in [-0.15, -0.1) is 0 Å². The smallest absolute Gasteiger partial charge is 0.143 e. The van der Waals surface area contributed by atoms with Crippen LogP contribution in [0.1, 0.15) is 11.0 Å². The van der Waals surface area contributed by atoms with Crippen LogP contribution >= 0.6 is 0 Å². The van der Waals surface area contributed by atoms with E-state index in [0.29, 0.717) is 17.0 Å². The molecule has 0 aliphatic rings. The highest BCUT2D eigenvalue weighted by Gasteiger charge is 2.24. The Morgan fingerprint density at radius 3 is 1.42 bits per heavy atom. The summed E-state index contributed by atoms with van der Waals surface area (Å²) in [4.78, 5) is 5.46. The van der Waals surface area contributed by atoms with E-state index in [4.69, 9.17) is 14.9 Å². The number of nitrogens with zero attached hydrogens (tertiary/aromatic N) is 4. The topological polar surface area (TPSA) is 40.8 Å². The van der Waals surface area contributed by atoms with Gasteiger partial charge in [-0.1, -0.05) is 158 Å². The van der Waals surface area contributed by atoms with Crippen molar-refractivity contribution in [3.63, 3.8) is 0 Å². The van der Waals surface area contributed by atoms with Crippen molar-refractivity contribution in [2.24, 2.45) is 0 Å². The Morgan fingerprint density at radius 2 is 0.828 bits per heavy atom. The summed E-state index contributed by atoms with van der Waals surface area (Å²) in [5, 5.41) is 5.99. The molecule has 5 heteroatoms. The Morgan fingerprint density at radius 1 is 0.375 bits per heavy atom. The molecule has 0 bridgehead atoms. The quantitative estimate of drug-likeness (QED) is 0.173. The van der Waals surface area contributed by atoms with Crippen molar-refractivity contribution >= 4 is 87.4 Å². The van der Waals surface area contributed by atoms with Crippen LogP contribution in [0.4, 0.5) is 0 Å². The molecule has 64 heavy (non-hydrogen) atoms. The van der Waals surface area contributed by atoms with Crippen LogP contribution < -0.4 is 0 Å². The third kappa shape index (κ3) is 4.92. The zero-order valence-electron chi connectivity index (χ0n) is 41.9. The first-order valence-electron chi connectivity index (χ1n) is 25.1. The van der Waals surface area contributed by atoms with Gasteiger partial charge in [0, 0.05) is 54.2 Å². The fourth-order valence-electron chi connectivity index (χ4n) is 10.1. The van der Waals surface area contributed by atoms with Gasteiger partial charge in [0.15, 0.2) is 0 Å². The number of pyridine rings is 1. The van der Waals surface area contributed by atoms with Gasteiger partial charge in [-0.05, 0) is 71.7 Å². The monoisotopic (exact) mass is 824 g/mol. The fraction of sp³-hybridized carbons (Fsp3) is 0. The van der Waals surface area contributed by atoms with Gasteiger partial charge in [-0.2, -0.15) is 0 Å². The first-order chi connectivity index (χ1) is 35.1. The fourth-order valence-corrected chi connectivity index (χ4v) is 10.1. The summed E-state index contributed by atoms with van der Waals surface area (Å²) in [5.41, 5.74) is 9.02. The van der Waals surface area contributed by atoms with Crippen LogP contribution in [0.3, 0.4) is 0 Å². The molecule has 0 atom stereocenters. The maximum absolute atomic E-state index is 9.50. The van der Waals surface area contributed by atoms with Crippen LogP contribution in [0, 0.1) is 0 Å². The number of benzene rings is 9. The molecule has 14 rings (SSSR count). The maximum atomic E-state index is 9.50. The van der Waals surface area contributed by atoms with Crippen LogP contribution in [0.2, 0.25) is 0 Å². The minimum absolute atomic E-state index is 0.0243. The first-order valence-corrected chi connectivity index (χ1v) is 21.1. The second-order valence-corrected chi connectivity index (χ2v) is 16.1. The molecular formula is C59H36N4O. The van der Waals surface area contributed by atoms with E-state index in [0.717, 1.165) is 82.3 Å². The van der Waals surface area contributed by atoms with Crippen LogP contribution in [0.5, 0.6) is 0 Å². The molecule has 298 valence electrons. The number of furan rings is 1. The molecule has 14 aromatic rings. The van der Waals surface area contributed by atoms with Gasteiger partial charge in [-0.25, -0.2) is 4.98 Å². The predicted molar refractivity (Wildman–Crippen MR) is 265 cm³/mol. The van der Waals surface area contributed by atoms with Crippen molar-refractivity contribution in [1.29, 1.82) is 0 Å². The summed E-state index contributed by atoms with van der Waals surface area (Å²) < 4.78 is 85.7. The van der Waals surface area contributed by atoms with Gasteiger partial charge < -0.3 is 8.98 Å². The zero-order valence-corrected chi connectivity index (χ0v) is 33.9. The van der Waals surface area contributed by atoms with Crippen LogP contribution in [0.25, 0.3) is 127 Å². The number of para-hydroxylation sites is 8. The normalized spacial score (nSPS) is 13.8. The van der Waals surface area contributed by atoms with E-state index in [1.54, 1.807) is 0 Å². The molecule has 0 aliphatic carbocycles. The highest BCUT2D eigenvalue weighted by Crippen LogP contribution is 2.46. The summed E-state index contributed by atoms with van der Waals surface area (Å²) in [6.07, 6.45) is 0. The second kappa shape index (κ2) is 13.4. The number of aromatic nitrogens is 4. The van der Waals surface area contributed by atoms with E-state index in [-0.39, 0.29) is 27.6 Å². The Labute approximate surface area is 378 Å². The summed E-state index contributed by atoms with van der Waals surface area (Å²) in [5.74, 6) is 0.630. The molecule has 5 nitrogen and oxygen atoms in total. The van der Waals surface area contributed by atoms with E-state index in [1.807, 2.05) is 97.1 Å². The lowest BCUT2D eigenvalue weighted by atomic mass is 9.91. The van der Waals surface area contributed by atoms with Crippen molar-refractivity contribution in [1.82, 2.24) is 18.7 Å². The molecule has 5 heterocycles. The first kappa shape index (κ1) is 28.0. The van der Waals surface area contributed by atoms with Gasteiger partial charge in [0.05, 0.1) is 49.8 Å². The van der Waals surface area contributed by atoms with E-state index in [2.05, 4.69) is 81.9 Å². The highest BCUT2D eigenvalue weighted by molar-refractivity contribution is 6.14. The van der Waals surface area contributed by atoms with E-state index in [1.165, 1.54) is 4.57 Å². The average molecular weight is 825 g/mol. The van der Waals surface area contributed by atoms with Gasteiger partial charge in [0.2, 0.25) is 0 Å². The molecule has 0 radical (unpaired) electrons. The van der Waals surface area contributed by atoms with Crippen LogP contribution in [0.15, 0.2) is 223 Å². The molecule has 0 saturated carbocycles. The average Bonchev–Trinajstić information content (AvgIpc) is 4.17. The molecule has 9 aromatic carbocycles. The second-order valence-electron chi connectivity index (χ2n) is 16.1. The lowest BCUT2D eigenvalue weighted by Crippen LogP contribution is -2.06. The van der Waals surface area contributed by atoms with Gasteiger partial charge in [0.25, 0.3) is 0 Å². The van der Waals surface area contributed by atoms with Gasteiger partial charge in [0.1, 0.15) is 22.8 Å². The van der Waals surface area contributed by atoms with Gasteiger partial charge >= 0.3 is 0 Å². The lowest BCUT2D eigenvalue weighted by molar-refractivity contribution is 0.670. The molecule has 0 amide bonds. The van der Waals surface area contributed by atoms with Crippen molar-refractivity contribution in [2.75, 3.05) is 0 Å². The molecule has 0 aliphatic heterocycles. The van der Waals surface area contributed by atoms with Crippen molar-refractivity contribution in [2.45, 2.75) is 0 Å². The molecule has 5 aromatic heterocycles. The molecule has 0 unspecified atom stereocenters. The summed E-state index contributed by atoms with van der Waals surface area (Å²) >= 11 is 0. The number of hydrogen-bond donors (Lipinski definition) is 0. The molecule has 0 spiro atoms. The van der Waals surface area contributed by atoms with E-state index >= 15 is 0 Å². The number of hydrogen-bond acceptors (Lipinski definition) is 2. The zero-order chi connectivity index (χ0) is 48.8. The molecular weight excluding hydrogens is 781 g/mol. The van der Waals surface area contributed by atoms with Crippen LogP contribution in [-0.4, -0.2) is 18.7 Å². The SMILES string of the molecule is [2H]c1c([2H])c([2H])c2c(c1[2H])c1c([2H])c([2H])c([2H])c([2H])c1n2-c1cc(-c2c(-c3cccc4c3oc3ccccc34)cccc2-n2c3ccccc3c3ccccc32)cc(-n2c3ccccc3c3ccccc32)n1. The third-order valence-electron chi connectivity index (χ3n) is 12.7. The Bertz CT molecular complexity index is 4510. The Hall–Kier alpha value is -8.67. The van der Waals surface area contributed by atoms with E-state index < -0.39 is 48.3 Å². The number of rotatable bonds is 5. The summed E-state index contributed by atoms with van der Waals surface area (Å²) in [7, 11) is 0. The van der Waals surface area contributed by atoms with E-state index in [9.17, 15) is 5.48 Å². The van der Waals surface area contributed by atoms with Crippen molar-refractivity contribution < 1.29 is 15.4 Å². The third-order valence-corrected chi connectivity index (χ3v) is 12.7. The molecule has 0 saturated heterocycles. The maximum Gasteiger partial charge on any atom is 0.143 e. The minimum atomic E-state index is -0.517. The predicted octanol–water partition coefficient (Wildman–Crippen LogP) is 15.6. The summed E-state index contributed by atoms with van der Waals surface area (Å²) in [6, 6.07) is 53.4. The van der Waals surface area contributed by atoms with Crippen LogP contribution in [-0.2, 0) is 0 Å². The molecule has 0 N–H and O–H groups in total. The van der Waals surface area contributed by atoms with Crippen molar-refractivity contribution in [3.05, 3.63) is 218 Å². The standard InChI is InChI=1S/C59H36N4O/c1-8-27-48-38(17-1)39-18-2-9-28-49(39)61(48)54-33-16-24-45(47-26-15-25-46-44-23-7-14-34-55(44)64-59(46)47)58(54)37-35-56(62-50-29-10-3-19-40(50)41-20-4-11-30-51(41)62)60-57(36-37)63-52-31-12-5-21-42(52)43-22-6-13-32-53(43)63/h1-36H/i3D,4D,10D,11D,19D,20D,29D,30D. The summed E-state index contributed by atoms with van der Waals surface area (Å²) in [6.45, 7) is 0. The molecule has 0 fully saturated rings. The number of fused-ring (bicyclic) bond motifs is 12. The minimum Gasteiger partial charge on any atom is -0.455 e. The largest absolute Gasteiger partial charge is 0.455 e. The lowest BCUT2D eigenvalue weighted by Gasteiger charge is -2.21. The Kier molecular flexibility index (Phi) is 5.88. The van der Waals surface area contributed by atoms with Gasteiger partial charge in [-0.3, -0.25) is 9.13 Å². The Balaban J connectivity index is 1.21. The highest BCUT2D eigenvalue weighted by atomic mass is 16.3.